The molecule has 0 radical (unpaired) electrons. The van der Waals surface area contributed by atoms with Gasteiger partial charge in [0.1, 0.15) is 6.54 Å². The summed E-state index contributed by atoms with van der Waals surface area (Å²) in [5.74, 6) is -0.559. The molecule has 1 fully saturated rings. The van der Waals surface area contributed by atoms with Gasteiger partial charge in [-0.25, -0.2) is 4.79 Å². The van der Waals surface area contributed by atoms with Crippen LogP contribution in [0.3, 0.4) is 0 Å². The number of hydrogen-bond donors (Lipinski definition) is 3. The van der Waals surface area contributed by atoms with Gasteiger partial charge >= 0.3 is 6.03 Å². The highest BCUT2D eigenvalue weighted by Crippen LogP contribution is 2.11. The van der Waals surface area contributed by atoms with E-state index < -0.39 is 5.91 Å². The highest BCUT2D eigenvalue weighted by atomic mass is 16.5. The number of nitrogens with zero attached hydrogens (tertiary/aromatic N) is 1. The summed E-state index contributed by atoms with van der Waals surface area (Å²) in [7, 11) is 0. The SMILES string of the molecule is NC(=O)CN(Cc1cccc(N)c1)C(=O)NC1CCOC1. The van der Waals surface area contributed by atoms with Crippen molar-refractivity contribution in [2.75, 3.05) is 25.5 Å². The van der Waals surface area contributed by atoms with Crippen LogP contribution >= 0.6 is 0 Å². The Morgan fingerprint density at radius 1 is 1.43 bits per heavy atom. The minimum Gasteiger partial charge on any atom is -0.399 e. The van der Waals surface area contributed by atoms with Crippen molar-refractivity contribution in [3.05, 3.63) is 29.8 Å². The van der Waals surface area contributed by atoms with Gasteiger partial charge in [0.25, 0.3) is 0 Å². The van der Waals surface area contributed by atoms with Gasteiger partial charge < -0.3 is 26.4 Å². The van der Waals surface area contributed by atoms with Gasteiger partial charge in [-0.2, -0.15) is 0 Å². The van der Waals surface area contributed by atoms with Crippen molar-refractivity contribution in [1.29, 1.82) is 0 Å². The molecule has 0 aliphatic carbocycles. The van der Waals surface area contributed by atoms with E-state index in [4.69, 9.17) is 16.2 Å². The summed E-state index contributed by atoms with van der Waals surface area (Å²) in [6, 6.07) is 6.82. The Morgan fingerprint density at radius 2 is 2.24 bits per heavy atom. The molecule has 0 bridgehead atoms. The van der Waals surface area contributed by atoms with E-state index in [1.807, 2.05) is 6.07 Å². The minimum absolute atomic E-state index is 0.0197. The van der Waals surface area contributed by atoms with E-state index in [9.17, 15) is 9.59 Å². The van der Waals surface area contributed by atoms with Gasteiger partial charge in [-0.05, 0) is 24.1 Å². The molecule has 0 saturated carbocycles. The van der Waals surface area contributed by atoms with Gasteiger partial charge in [-0.1, -0.05) is 12.1 Å². The second-order valence-corrected chi connectivity index (χ2v) is 5.08. The average molecular weight is 292 g/mol. The van der Waals surface area contributed by atoms with Crippen LogP contribution in [0.2, 0.25) is 0 Å². The largest absolute Gasteiger partial charge is 0.399 e. The van der Waals surface area contributed by atoms with E-state index in [0.29, 0.717) is 18.9 Å². The number of nitrogen functional groups attached to an aromatic ring is 1. The van der Waals surface area contributed by atoms with E-state index in [1.165, 1.54) is 4.90 Å². The molecule has 3 amide bonds. The lowest BCUT2D eigenvalue weighted by Gasteiger charge is -2.23. The summed E-state index contributed by atoms with van der Waals surface area (Å²) in [5, 5.41) is 2.84. The standard InChI is InChI=1S/C14H20N4O3/c15-11-3-1-2-10(6-11)7-18(8-13(16)19)14(20)17-12-4-5-21-9-12/h1-3,6,12H,4-5,7-9,15H2,(H2,16,19)(H,17,20). The van der Waals surface area contributed by atoms with Gasteiger partial charge in [-0.3, -0.25) is 4.79 Å². The molecular formula is C14H20N4O3. The third-order valence-corrected chi connectivity index (χ3v) is 3.22. The molecule has 1 aromatic rings. The maximum atomic E-state index is 12.2. The van der Waals surface area contributed by atoms with Crippen molar-refractivity contribution in [1.82, 2.24) is 10.2 Å². The first-order chi connectivity index (χ1) is 10.0. The molecule has 2 rings (SSSR count). The molecule has 0 spiro atoms. The Labute approximate surface area is 123 Å². The van der Waals surface area contributed by atoms with Crippen LogP contribution in [0.25, 0.3) is 0 Å². The van der Waals surface area contributed by atoms with Gasteiger partial charge in [0.2, 0.25) is 5.91 Å². The number of nitrogens with one attached hydrogen (secondary N) is 1. The zero-order valence-corrected chi connectivity index (χ0v) is 11.7. The topological polar surface area (TPSA) is 111 Å². The monoisotopic (exact) mass is 292 g/mol. The molecule has 1 aliphatic heterocycles. The lowest BCUT2D eigenvalue weighted by molar-refractivity contribution is -0.118. The fourth-order valence-corrected chi connectivity index (χ4v) is 2.21. The first kappa shape index (κ1) is 15.1. The van der Waals surface area contributed by atoms with Crippen LogP contribution in [0.4, 0.5) is 10.5 Å². The van der Waals surface area contributed by atoms with Crippen molar-refractivity contribution < 1.29 is 14.3 Å². The minimum atomic E-state index is -0.559. The van der Waals surface area contributed by atoms with Crippen molar-refractivity contribution in [3.63, 3.8) is 0 Å². The first-order valence-corrected chi connectivity index (χ1v) is 6.80. The van der Waals surface area contributed by atoms with Gasteiger partial charge in [0, 0.05) is 18.8 Å². The van der Waals surface area contributed by atoms with Gasteiger partial charge in [0.05, 0.1) is 12.6 Å². The quantitative estimate of drug-likeness (QED) is 0.666. The summed E-state index contributed by atoms with van der Waals surface area (Å²) in [5.41, 5.74) is 12.4. The fraction of sp³-hybridized carbons (Fsp3) is 0.429. The number of ether oxygens (including phenoxy) is 1. The lowest BCUT2D eigenvalue weighted by Crippen LogP contribution is -2.47. The Hall–Kier alpha value is -2.28. The van der Waals surface area contributed by atoms with E-state index in [1.54, 1.807) is 18.2 Å². The number of primary amides is 1. The third-order valence-electron chi connectivity index (χ3n) is 3.22. The molecule has 7 heteroatoms. The Balaban J connectivity index is 2.02. The number of carbonyl (C=O) groups is 2. The fourth-order valence-electron chi connectivity index (χ4n) is 2.21. The van der Waals surface area contributed by atoms with Gasteiger partial charge in [-0.15, -0.1) is 0 Å². The van der Waals surface area contributed by atoms with Crippen molar-refractivity contribution in [2.45, 2.75) is 19.0 Å². The highest BCUT2D eigenvalue weighted by molar-refractivity contribution is 5.83. The number of rotatable bonds is 5. The maximum absolute atomic E-state index is 12.2. The van der Waals surface area contributed by atoms with Crippen molar-refractivity contribution >= 4 is 17.6 Å². The van der Waals surface area contributed by atoms with E-state index in [-0.39, 0.29) is 25.2 Å². The van der Waals surface area contributed by atoms with E-state index in [0.717, 1.165) is 12.0 Å². The molecule has 1 aliphatic rings. The van der Waals surface area contributed by atoms with Crippen molar-refractivity contribution in [3.8, 4) is 0 Å². The summed E-state index contributed by atoms with van der Waals surface area (Å²) in [6.45, 7) is 1.26. The first-order valence-electron chi connectivity index (χ1n) is 6.80. The predicted octanol–water partition coefficient (Wildman–Crippen LogP) is 0.0546. The molecule has 1 unspecified atom stereocenters. The van der Waals surface area contributed by atoms with Crippen molar-refractivity contribution in [2.24, 2.45) is 5.73 Å². The molecule has 7 nitrogen and oxygen atoms in total. The molecule has 114 valence electrons. The summed E-state index contributed by atoms with van der Waals surface area (Å²) in [4.78, 5) is 24.8. The molecule has 21 heavy (non-hydrogen) atoms. The molecule has 0 aromatic heterocycles. The van der Waals surface area contributed by atoms with Crippen LogP contribution in [0.1, 0.15) is 12.0 Å². The van der Waals surface area contributed by atoms with Crippen LogP contribution in [0.15, 0.2) is 24.3 Å². The lowest BCUT2D eigenvalue weighted by atomic mass is 10.2. The third kappa shape index (κ3) is 4.64. The average Bonchev–Trinajstić information content (AvgIpc) is 2.90. The zero-order valence-electron chi connectivity index (χ0n) is 11.7. The number of hydrogen-bond acceptors (Lipinski definition) is 4. The Bertz CT molecular complexity index is 515. The normalized spacial score (nSPS) is 17.4. The summed E-state index contributed by atoms with van der Waals surface area (Å²) in [6.07, 6.45) is 0.772. The number of carbonyl (C=O) groups excluding carboxylic acids is 2. The summed E-state index contributed by atoms with van der Waals surface area (Å²) >= 11 is 0. The number of amides is 3. The van der Waals surface area contributed by atoms with Crippen LogP contribution < -0.4 is 16.8 Å². The maximum Gasteiger partial charge on any atom is 0.318 e. The second kappa shape index (κ2) is 6.94. The Morgan fingerprint density at radius 3 is 2.86 bits per heavy atom. The second-order valence-electron chi connectivity index (χ2n) is 5.08. The molecule has 1 aromatic carbocycles. The van der Waals surface area contributed by atoms with E-state index in [2.05, 4.69) is 5.32 Å². The molecule has 1 saturated heterocycles. The highest BCUT2D eigenvalue weighted by Gasteiger charge is 2.22. The number of urea groups is 1. The van der Waals surface area contributed by atoms with Crippen LogP contribution in [0.5, 0.6) is 0 Å². The molecule has 1 atom stereocenters. The summed E-state index contributed by atoms with van der Waals surface area (Å²) < 4.78 is 5.21. The Kier molecular flexibility index (Phi) is 4.99. The molecular weight excluding hydrogens is 272 g/mol. The van der Waals surface area contributed by atoms with Crippen LogP contribution in [-0.2, 0) is 16.1 Å². The number of anilines is 1. The zero-order chi connectivity index (χ0) is 15.2. The number of benzene rings is 1. The van der Waals surface area contributed by atoms with Crippen LogP contribution in [-0.4, -0.2) is 42.6 Å². The predicted molar refractivity (Wildman–Crippen MR) is 78.2 cm³/mol. The van der Waals surface area contributed by atoms with Gasteiger partial charge in [0.15, 0.2) is 0 Å². The molecule has 1 heterocycles. The smallest absolute Gasteiger partial charge is 0.318 e. The van der Waals surface area contributed by atoms with E-state index >= 15 is 0 Å². The number of nitrogens with two attached hydrogens (primary N) is 2. The molecule has 5 N–H and O–H groups in total. The van der Waals surface area contributed by atoms with Crippen LogP contribution in [0, 0.1) is 0 Å².